The topological polar surface area (TPSA) is 0 Å². The second-order valence-electron chi connectivity index (χ2n) is 3.27. The lowest BCUT2D eigenvalue weighted by Crippen LogP contribution is -2.37. The Balaban J connectivity index is 2.37. The normalized spacial score (nSPS) is 31.6. The summed E-state index contributed by atoms with van der Waals surface area (Å²) in [6, 6.07) is 0. The minimum Gasteiger partial charge on any atom is -0.171 e. The summed E-state index contributed by atoms with van der Waals surface area (Å²) in [6.45, 7) is 1.94. The number of hydrogen-bond donors (Lipinski definition) is 0. The number of alkyl halides is 3. The van der Waals surface area contributed by atoms with E-state index in [0.717, 1.165) is 19.3 Å². The van der Waals surface area contributed by atoms with Gasteiger partial charge >= 0.3 is 6.18 Å². The lowest BCUT2D eigenvalue weighted by Gasteiger charge is -2.37. The molecule has 0 heterocycles. The van der Waals surface area contributed by atoms with E-state index in [1.165, 1.54) is 0 Å². The Morgan fingerprint density at radius 2 is 1.91 bits per heavy atom. The van der Waals surface area contributed by atoms with E-state index >= 15 is 0 Å². The van der Waals surface area contributed by atoms with E-state index < -0.39 is 12.1 Å². The fourth-order valence-corrected chi connectivity index (χ4v) is 1.72. The Bertz CT molecular complexity index is 128. The average molecular weight is 166 g/mol. The van der Waals surface area contributed by atoms with Gasteiger partial charge in [-0.05, 0) is 18.8 Å². The molecule has 0 aromatic rings. The van der Waals surface area contributed by atoms with Crippen LogP contribution in [-0.2, 0) is 0 Å². The van der Waals surface area contributed by atoms with Crippen LogP contribution >= 0.6 is 0 Å². The Kier molecular flexibility index (Phi) is 2.45. The predicted molar refractivity (Wildman–Crippen MR) is 37.2 cm³/mol. The van der Waals surface area contributed by atoms with Crippen molar-refractivity contribution in [3.63, 3.8) is 0 Å². The zero-order valence-electron chi connectivity index (χ0n) is 6.62. The molecule has 0 aromatic carbocycles. The first-order chi connectivity index (χ1) is 5.05. The van der Waals surface area contributed by atoms with Crippen molar-refractivity contribution in [3.05, 3.63) is 0 Å². The molecule has 0 aliphatic heterocycles. The molecule has 1 rings (SSSR count). The summed E-state index contributed by atoms with van der Waals surface area (Å²) in [7, 11) is 0. The van der Waals surface area contributed by atoms with Crippen molar-refractivity contribution in [2.75, 3.05) is 0 Å². The van der Waals surface area contributed by atoms with Crippen LogP contribution < -0.4 is 0 Å². The van der Waals surface area contributed by atoms with Crippen LogP contribution in [0.3, 0.4) is 0 Å². The van der Waals surface area contributed by atoms with Gasteiger partial charge in [-0.1, -0.05) is 19.8 Å². The van der Waals surface area contributed by atoms with E-state index in [1.54, 1.807) is 0 Å². The highest BCUT2D eigenvalue weighted by molar-refractivity contribution is 4.85. The minimum absolute atomic E-state index is 0.0694. The molecule has 3 heteroatoms. The Hall–Kier alpha value is -0.210. The zero-order valence-corrected chi connectivity index (χ0v) is 6.62. The van der Waals surface area contributed by atoms with Gasteiger partial charge in [0.25, 0.3) is 0 Å². The summed E-state index contributed by atoms with van der Waals surface area (Å²) in [5, 5.41) is 0. The third kappa shape index (κ3) is 1.88. The molecule has 0 radical (unpaired) electrons. The number of halogens is 3. The van der Waals surface area contributed by atoms with Crippen molar-refractivity contribution < 1.29 is 13.2 Å². The van der Waals surface area contributed by atoms with E-state index in [0.29, 0.717) is 6.42 Å². The van der Waals surface area contributed by atoms with Crippen molar-refractivity contribution in [1.82, 2.24) is 0 Å². The lowest BCUT2D eigenvalue weighted by molar-refractivity contribution is -0.213. The van der Waals surface area contributed by atoms with Crippen LogP contribution in [0, 0.1) is 11.8 Å². The van der Waals surface area contributed by atoms with Crippen molar-refractivity contribution in [3.8, 4) is 0 Å². The van der Waals surface area contributed by atoms with Crippen molar-refractivity contribution >= 4 is 0 Å². The maximum atomic E-state index is 12.1. The average Bonchev–Trinajstić information content (AvgIpc) is 1.75. The fraction of sp³-hybridized carbons (Fsp3) is 1.00. The molecule has 1 saturated carbocycles. The van der Waals surface area contributed by atoms with E-state index in [-0.39, 0.29) is 5.92 Å². The third-order valence-corrected chi connectivity index (χ3v) is 2.50. The minimum atomic E-state index is -3.93. The van der Waals surface area contributed by atoms with Crippen LogP contribution in [0.15, 0.2) is 0 Å². The van der Waals surface area contributed by atoms with Gasteiger partial charge in [0.2, 0.25) is 0 Å². The van der Waals surface area contributed by atoms with Crippen LogP contribution in [0.25, 0.3) is 0 Å². The van der Waals surface area contributed by atoms with Crippen LogP contribution in [-0.4, -0.2) is 6.18 Å². The van der Waals surface area contributed by atoms with Crippen molar-refractivity contribution in [2.24, 2.45) is 11.8 Å². The van der Waals surface area contributed by atoms with E-state index in [2.05, 4.69) is 0 Å². The lowest BCUT2D eigenvalue weighted by atomic mass is 9.71. The smallest absolute Gasteiger partial charge is 0.171 e. The number of hydrogen-bond acceptors (Lipinski definition) is 0. The molecule has 11 heavy (non-hydrogen) atoms. The molecule has 0 amide bonds. The monoisotopic (exact) mass is 166 g/mol. The van der Waals surface area contributed by atoms with Gasteiger partial charge in [-0.3, -0.25) is 0 Å². The molecule has 0 nitrogen and oxygen atoms in total. The Labute approximate surface area is 64.8 Å². The molecule has 0 bridgehead atoms. The van der Waals surface area contributed by atoms with Crippen LogP contribution in [0.1, 0.15) is 32.6 Å². The molecule has 1 aliphatic rings. The van der Waals surface area contributed by atoms with Gasteiger partial charge in [0, 0.05) is 0 Å². The Morgan fingerprint density at radius 1 is 1.27 bits per heavy atom. The maximum Gasteiger partial charge on any atom is 0.392 e. The molecular formula is C8H13F3. The molecular weight excluding hydrogens is 153 g/mol. The highest BCUT2D eigenvalue weighted by Crippen LogP contribution is 2.47. The van der Waals surface area contributed by atoms with Crippen LogP contribution in [0.5, 0.6) is 0 Å². The molecule has 1 aliphatic carbocycles. The van der Waals surface area contributed by atoms with Gasteiger partial charge in [-0.2, -0.15) is 13.2 Å². The summed E-state index contributed by atoms with van der Waals surface area (Å²) in [4.78, 5) is 0. The summed E-state index contributed by atoms with van der Waals surface area (Å²) < 4.78 is 36.2. The first-order valence-electron chi connectivity index (χ1n) is 4.12. The van der Waals surface area contributed by atoms with Crippen molar-refractivity contribution in [2.45, 2.75) is 38.8 Å². The largest absolute Gasteiger partial charge is 0.392 e. The molecule has 0 aromatic heterocycles. The van der Waals surface area contributed by atoms with Crippen LogP contribution in [0.4, 0.5) is 13.2 Å². The van der Waals surface area contributed by atoms with Gasteiger partial charge in [-0.25, -0.2) is 0 Å². The van der Waals surface area contributed by atoms with Gasteiger partial charge < -0.3 is 0 Å². The second kappa shape index (κ2) is 3.03. The summed E-state index contributed by atoms with van der Waals surface area (Å²) in [5.74, 6) is -1.05. The molecule has 1 unspecified atom stereocenters. The summed E-state index contributed by atoms with van der Waals surface area (Å²) >= 11 is 0. The molecule has 2 atom stereocenters. The summed E-state index contributed by atoms with van der Waals surface area (Å²) in [5.41, 5.74) is 0. The van der Waals surface area contributed by atoms with Gasteiger partial charge in [-0.15, -0.1) is 0 Å². The van der Waals surface area contributed by atoms with Gasteiger partial charge in [0.1, 0.15) is 0 Å². The van der Waals surface area contributed by atoms with E-state index in [4.69, 9.17) is 0 Å². The van der Waals surface area contributed by atoms with Crippen LogP contribution in [0.2, 0.25) is 0 Å². The standard InChI is InChI=1S/C8H13F3/c1-2-3-6-4-5-7(6)8(9,10)11/h6-7H,2-5H2,1H3/t6-,7?/m1/s1. The van der Waals surface area contributed by atoms with Crippen molar-refractivity contribution in [1.29, 1.82) is 0 Å². The maximum absolute atomic E-state index is 12.1. The molecule has 66 valence electrons. The number of rotatable bonds is 2. The van der Waals surface area contributed by atoms with E-state index in [9.17, 15) is 13.2 Å². The molecule has 0 spiro atoms. The first-order valence-corrected chi connectivity index (χ1v) is 4.12. The highest BCUT2D eigenvalue weighted by Gasteiger charge is 2.48. The Morgan fingerprint density at radius 3 is 2.18 bits per heavy atom. The fourth-order valence-electron chi connectivity index (χ4n) is 1.72. The quantitative estimate of drug-likeness (QED) is 0.590. The highest BCUT2D eigenvalue weighted by atomic mass is 19.4. The summed E-state index contributed by atoms with van der Waals surface area (Å²) in [6.07, 6.45) is -1.19. The third-order valence-electron chi connectivity index (χ3n) is 2.50. The van der Waals surface area contributed by atoms with Gasteiger partial charge in [0.15, 0.2) is 0 Å². The molecule has 1 fully saturated rings. The SMILES string of the molecule is CCC[C@@H]1CCC1C(F)(F)F. The second-order valence-corrected chi connectivity index (χ2v) is 3.27. The van der Waals surface area contributed by atoms with Gasteiger partial charge in [0.05, 0.1) is 5.92 Å². The molecule has 0 saturated heterocycles. The predicted octanol–water partition coefficient (Wildman–Crippen LogP) is 3.38. The van der Waals surface area contributed by atoms with E-state index in [1.807, 2.05) is 6.92 Å². The molecule has 0 N–H and O–H groups in total. The zero-order chi connectivity index (χ0) is 8.48. The first kappa shape index (κ1) is 8.88.